The lowest BCUT2D eigenvalue weighted by Crippen LogP contribution is -2.96. The second kappa shape index (κ2) is 6.76. The third kappa shape index (κ3) is 6.03. The molecule has 0 spiro atoms. The molecular formula is C15H26NO2+. The van der Waals surface area contributed by atoms with Crippen LogP contribution >= 0.6 is 0 Å². The van der Waals surface area contributed by atoms with Gasteiger partial charge in [-0.25, -0.2) is 0 Å². The molecule has 0 amide bonds. The van der Waals surface area contributed by atoms with E-state index in [1.165, 1.54) is 5.56 Å². The fourth-order valence-electron chi connectivity index (χ4n) is 1.57. The van der Waals surface area contributed by atoms with Crippen molar-refractivity contribution < 1.29 is 15.2 Å². The van der Waals surface area contributed by atoms with E-state index in [2.05, 4.69) is 45.1 Å². The van der Waals surface area contributed by atoms with E-state index >= 15 is 0 Å². The molecule has 0 aliphatic carbocycles. The Kier molecular flexibility index (Phi) is 5.63. The first-order valence-electron chi connectivity index (χ1n) is 6.65. The van der Waals surface area contributed by atoms with Gasteiger partial charge in [-0.3, -0.25) is 0 Å². The van der Waals surface area contributed by atoms with E-state index in [-0.39, 0.29) is 5.54 Å². The van der Waals surface area contributed by atoms with E-state index in [0.717, 1.165) is 12.2 Å². The van der Waals surface area contributed by atoms with Gasteiger partial charge in [0, 0.05) is 0 Å². The molecule has 3 nitrogen and oxygen atoms in total. The molecule has 1 aromatic carbocycles. The van der Waals surface area contributed by atoms with Gasteiger partial charge in [-0.05, 0) is 44.9 Å². The van der Waals surface area contributed by atoms with Gasteiger partial charge in [0.25, 0.3) is 0 Å². The minimum Gasteiger partial charge on any atom is -0.491 e. The van der Waals surface area contributed by atoms with Crippen molar-refractivity contribution in [1.29, 1.82) is 0 Å². The summed E-state index contributed by atoms with van der Waals surface area (Å²) in [5.74, 6) is 0.821. The Morgan fingerprint density at radius 1 is 1.22 bits per heavy atom. The minimum atomic E-state index is -0.435. The number of ether oxygens (including phenoxy) is 1. The summed E-state index contributed by atoms with van der Waals surface area (Å²) < 4.78 is 5.56. The Morgan fingerprint density at radius 2 is 1.83 bits per heavy atom. The van der Waals surface area contributed by atoms with Crippen molar-refractivity contribution in [2.24, 2.45) is 0 Å². The first-order valence-corrected chi connectivity index (χ1v) is 6.65. The van der Waals surface area contributed by atoms with E-state index in [4.69, 9.17) is 4.74 Å². The zero-order chi connectivity index (χ0) is 13.6. The lowest BCUT2D eigenvalue weighted by Gasteiger charge is -2.19. The summed E-state index contributed by atoms with van der Waals surface area (Å²) in [6, 6.07) is 8.03. The van der Waals surface area contributed by atoms with Crippen LogP contribution in [0.1, 0.15) is 33.3 Å². The molecule has 1 rings (SSSR count). The van der Waals surface area contributed by atoms with Gasteiger partial charge in [-0.15, -0.1) is 0 Å². The van der Waals surface area contributed by atoms with Crippen LogP contribution in [-0.2, 0) is 6.42 Å². The van der Waals surface area contributed by atoms with Crippen LogP contribution in [0.25, 0.3) is 0 Å². The molecule has 0 saturated carbocycles. The van der Waals surface area contributed by atoms with Crippen LogP contribution in [0.3, 0.4) is 0 Å². The summed E-state index contributed by atoms with van der Waals surface area (Å²) in [5, 5.41) is 11.9. The zero-order valence-electron chi connectivity index (χ0n) is 11.9. The van der Waals surface area contributed by atoms with Gasteiger partial charge in [0.15, 0.2) is 0 Å². The SMILES string of the molecule is CCc1ccc(OCC(O)C[NH2+]C(C)(C)C)cc1. The maximum atomic E-state index is 9.82. The molecule has 0 bridgehead atoms. The van der Waals surface area contributed by atoms with E-state index in [1.54, 1.807) is 0 Å². The van der Waals surface area contributed by atoms with E-state index < -0.39 is 6.10 Å². The fourth-order valence-corrected chi connectivity index (χ4v) is 1.57. The predicted molar refractivity (Wildman–Crippen MR) is 73.9 cm³/mol. The highest BCUT2D eigenvalue weighted by Gasteiger charge is 2.16. The first kappa shape index (κ1) is 15.0. The number of rotatable bonds is 6. The number of hydrogen-bond acceptors (Lipinski definition) is 2. The molecule has 1 aromatic rings. The molecule has 102 valence electrons. The molecule has 0 saturated heterocycles. The van der Waals surface area contributed by atoms with Crippen molar-refractivity contribution >= 4 is 0 Å². The molecule has 0 fully saturated rings. The van der Waals surface area contributed by atoms with Gasteiger partial charge in [-0.2, -0.15) is 0 Å². The Hall–Kier alpha value is -1.06. The minimum absolute atomic E-state index is 0.143. The van der Waals surface area contributed by atoms with Crippen molar-refractivity contribution in [3.05, 3.63) is 29.8 Å². The molecule has 0 aromatic heterocycles. The molecule has 1 atom stereocenters. The third-order valence-corrected chi connectivity index (χ3v) is 2.78. The van der Waals surface area contributed by atoms with Crippen LogP contribution in [0.2, 0.25) is 0 Å². The van der Waals surface area contributed by atoms with Crippen LogP contribution in [0.15, 0.2) is 24.3 Å². The number of hydrogen-bond donors (Lipinski definition) is 2. The van der Waals surface area contributed by atoms with E-state index in [1.807, 2.05) is 12.1 Å². The number of aliphatic hydroxyl groups is 1. The summed E-state index contributed by atoms with van der Waals surface area (Å²) in [6.45, 7) is 9.52. The molecular weight excluding hydrogens is 226 g/mol. The summed E-state index contributed by atoms with van der Waals surface area (Å²) in [6.07, 6.45) is 0.596. The Balaban J connectivity index is 2.31. The molecule has 0 heterocycles. The highest BCUT2D eigenvalue weighted by Crippen LogP contribution is 2.12. The summed E-state index contributed by atoms with van der Waals surface area (Å²) in [5.41, 5.74) is 1.44. The van der Waals surface area contributed by atoms with Crippen molar-refractivity contribution in [2.75, 3.05) is 13.2 Å². The molecule has 18 heavy (non-hydrogen) atoms. The maximum absolute atomic E-state index is 9.82. The van der Waals surface area contributed by atoms with Crippen molar-refractivity contribution in [1.82, 2.24) is 0 Å². The number of aliphatic hydroxyl groups excluding tert-OH is 1. The van der Waals surface area contributed by atoms with Gasteiger partial charge >= 0.3 is 0 Å². The monoisotopic (exact) mass is 252 g/mol. The van der Waals surface area contributed by atoms with Crippen molar-refractivity contribution in [3.8, 4) is 5.75 Å². The molecule has 0 aliphatic heterocycles. The van der Waals surface area contributed by atoms with E-state index in [9.17, 15) is 5.11 Å². The average Bonchev–Trinajstić information content (AvgIpc) is 2.33. The maximum Gasteiger partial charge on any atom is 0.137 e. The summed E-state index contributed by atoms with van der Waals surface area (Å²) in [4.78, 5) is 0. The standard InChI is InChI=1S/C15H25NO2/c1-5-12-6-8-14(9-7-12)18-11-13(17)10-16-15(2,3)4/h6-9,13,16-17H,5,10-11H2,1-4H3/p+1. The molecule has 3 N–H and O–H groups in total. The lowest BCUT2D eigenvalue weighted by molar-refractivity contribution is -0.722. The average molecular weight is 252 g/mol. The number of quaternary nitrogens is 1. The fraction of sp³-hybridized carbons (Fsp3) is 0.600. The smallest absolute Gasteiger partial charge is 0.137 e. The van der Waals surface area contributed by atoms with Gasteiger partial charge in [-0.1, -0.05) is 19.1 Å². The summed E-state index contributed by atoms with van der Waals surface area (Å²) >= 11 is 0. The molecule has 0 aliphatic rings. The second-order valence-electron chi connectivity index (χ2n) is 5.77. The predicted octanol–water partition coefficient (Wildman–Crippen LogP) is 1.35. The Bertz CT molecular complexity index is 341. The molecule has 0 radical (unpaired) electrons. The van der Waals surface area contributed by atoms with E-state index in [0.29, 0.717) is 13.2 Å². The normalized spacial score (nSPS) is 13.4. The second-order valence-corrected chi connectivity index (χ2v) is 5.77. The Morgan fingerprint density at radius 3 is 2.33 bits per heavy atom. The van der Waals surface area contributed by atoms with Gasteiger partial charge in [0.1, 0.15) is 25.0 Å². The molecule has 1 unspecified atom stereocenters. The van der Waals surface area contributed by atoms with Crippen LogP contribution in [-0.4, -0.2) is 29.9 Å². The van der Waals surface area contributed by atoms with Crippen molar-refractivity contribution in [2.45, 2.75) is 45.8 Å². The lowest BCUT2D eigenvalue weighted by atomic mass is 10.1. The quantitative estimate of drug-likeness (QED) is 0.803. The van der Waals surface area contributed by atoms with Gasteiger partial charge in [0.2, 0.25) is 0 Å². The highest BCUT2D eigenvalue weighted by molar-refractivity contribution is 5.27. The Labute approximate surface area is 110 Å². The largest absolute Gasteiger partial charge is 0.491 e. The molecule has 3 heteroatoms. The number of nitrogens with two attached hydrogens (primary N) is 1. The van der Waals surface area contributed by atoms with Gasteiger partial charge < -0.3 is 15.2 Å². The number of aryl methyl sites for hydroxylation is 1. The van der Waals surface area contributed by atoms with Crippen LogP contribution < -0.4 is 10.1 Å². The zero-order valence-corrected chi connectivity index (χ0v) is 11.9. The van der Waals surface area contributed by atoms with Gasteiger partial charge in [0.05, 0.1) is 5.54 Å². The first-order chi connectivity index (χ1) is 8.40. The van der Waals surface area contributed by atoms with Crippen LogP contribution in [0.5, 0.6) is 5.75 Å². The van der Waals surface area contributed by atoms with Crippen LogP contribution in [0.4, 0.5) is 0 Å². The van der Waals surface area contributed by atoms with Crippen LogP contribution in [0, 0.1) is 0 Å². The van der Waals surface area contributed by atoms with Crippen molar-refractivity contribution in [3.63, 3.8) is 0 Å². The number of benzene rings is 1. The highest BCUT2D eigenvalue weighted by atomic mass is 16.5. The summed E-state index contributed by atoms with van der Waals surface area (Å²) in [7, 11) is 0. The topological polar surface area (TPSA) is 46.1 Å². The third-order valence-electron chi connectivity index (χ3n) is 2.78.